The van der Waals surface area contributed by atoms with Crippen molar-refractivity contribution in [1.29, 1.82) is 0 Å². The SMILES string of the molecule is Cc1cc2nc3c(=O)n(C)c(=O)nc-3n(CCNC(=O)[C@@H]3CCCN3C(=O)CCCCCNCc3ccccc3)c2cc1C. The van der Waals surface area contributed by atoms with Crippen LogP contribution < -0.4 is 21.9 Å². The quantitative estimate of drug-likeness (QED) is 0.189. The minimum absolute atomic E-state index is 0.0225. The van der Waals surface area contributed by atoms with Gasteiger partial charge in [0, 0.05) is 39.6 Å². The third kappa shape index (κ3) is 6.88. The maximum Gasteiger partial charge on any atom is 0.352 e. The average Bonchev–Trinajstić information content (AvgIpc) is 3.51. The summed E-state index contributed by atoms with van der Waals surface area (Å²) in [6.45, 7) is 6.80. The molecule has 0 aliphatic carbocycles. The van der Waals surface area contributed by atoms with Gasteiger partial charge in [-0.1, -0.05) is 36.8 Å². The van der Waals surface area contributed by atoms with Crippen LogP contribution in [0.5, 0.6) is 0 Å². The minimum atomic E-state index is -0.658. The second kappa shape index (κ2) is 13.9. The summed E-state index contributed by atoms with van der Waals surface area (Å²) in [5.74, 6) is 0.0231. The fourth-order valence-corrected chi connectivity index (χ4v) is 5.82. The van der Waals surface area contributed by atoms with Crippen LogP contribution in [0.1, 0.15) is 55.2 Å². The highest BCUT2D eigenvalue weighted by Crippen LogP contribution is 2.24. The van der Waals surface area contributed by atoms with E-state index in [1.54, 1.807) is 9.47 Å². The summed E-state index contributed by atoms with van der Waals surface area (Å²) in [7, 11) is 1.38. The van der Waals surface area contributed by atoms with Crippen molar-refractivity contribution in [2.75, 3.05) is 19.6 Å². The molecule has 5 rings (SSSR count). The van der Waals surface area contributed by atoms with Gasteiger partial charge in [0.1, 0.15) is 6.04 Å². The second-order valence-electron chi connectivity index (χ2n) is 11.6. The van der Waals surface area contributed by atoms with Gasteiger partial charge in [-0.25, -0.2) is 9.78 Å². The molecule has 2 N–H and O–H groups in total. The van der Waals surface area contributed by atoms with Crippen LogP contribution >= 0.6 is 0 Å². The summed E-state index contributed by atoms with van der Waals surface area (Å²) in [4.78, 5) is 62.0. The first-order valence-corrected chi connectivity index (χ1v) is 15.4. The van der Waals surface area contributed by atoms with Crippen molar-refractivity contribution >= 4 is 22.8 Å². The molecule has 0 bridgehead atoms. The van der Waals surface area contributed by atoms with Crippen LogP contribution in [-0.4, -0.2) is 61.5 Å². The number of aromatic nitrogens is 4. The van der Waals surface area contributed by atoms with E-state index in [0.717, 1.165) is 60.0 Å². The van der Waals surface area contributed by atoms with E-state index in [9.17, 15) is 19.2 Å². The van der Waals surface area contributed by atoms with Crippen molar-refractivity contribution in [1.82, 2.24) is 34.6 Å². The van der Waals surface area contributed by atoms with Gasteiger partial charge in [-0.2, -0.15) is 4.98 Å². The van der Waals surface area contributed by atoms with Crippen molar-refractivity contribution in [3.05, 3.63) is 80.0 Å². The maximum atomic E-state index is 13.2. The molecule has 3 aliphatic rings. The van der Waals surface area contributed by atoms with E-state index < -0.39 is 17.3 Å². The summed E-state index contributed by atoms with van der Waals surface area (Å²) in [6.07, 6.45) is 4.59. The maximum absolute atomic E-state index is 13.2. The Morgan fingerprint density at radius 1 is 0.977 bits per heavy atom. The number of likely N-dealkylation sites (tertiary alicyclic amines) is 1. The lowest BCUT2D eigenvalue weighted by atomic mass is 10.1. The van der Waals surface area contributed by atoms with Gasteiger partial charge in [0.2, 0.25) is 11.8 Å². The van der Waals surface area contributed by atoms with Gasteiger partial charge in [-0.15, -0.1) is 0 Å². The third-order valence-corrected chi connectivity index (χ3v) is 8.50. The van der Waals surface area contributed by atoms with Crippen molar-refractivity contribution in [3.63, 3.8) is 0 Å². The molecule has 1 atom stereocenters. The Morgan fingerprint density at radius 3 is 2.55 bits per heavy atom. The first-order valence-electron chi connectivity index (χ1n) is 15.4. The molecule has 2 aromatic carbocycles. The standard InChI is InChI=1S/C33H41N7O4/c1-22-19-25-27(20-23(22)2)40(30-29(36-25)32(43)38(3)33(44)37-30)18-16-35-31(42)26-13-10-17-39(26)28(41)14-8-5-9-15-34-21-24-11-6-4-7-12-24/h4,6-7,11-12,19-20,26,34H,5,8-10,13-18,21H2,1-3H3,(H,35,42)/t26-/m0/s1. The summed E-state index contributed by atoms with van der Waals surface area (Å²) < 4.78 is 2.72. The van der Waals surface area contributed by atoms with Crippen LogP contribution in [0.25, 0.3) is 22.6 Å². The molecule has 1 saturated heterocycles. The molecule has 232 valence electrons. The number of unbranched alkanes of at least 4 members (excludes halogenated alkanes) is 2. The smallest absolute Gasteiger partial charge is 0.352 e. The molecule has 0 saturated carbocycles. The average molecular weight is 600 g/mol. The number of nitrogens with one attached hydrogen (secondary N) is 2. The third-order valence-electron chi connectivity index (χ3n) is 8.50. The van der Waals surface area contributed by atoms with Crippen LogP contribution in [-0.2, 0) is 29.7 Å². The highest BCUT2D eigenvalue weighted by Gasteiger charge is 2.33. The van der Waals surface area contributed by atoms with E-state index >= 15 is 0 Å². The van der Waals surface area contributed by atoms with Crippen LogP contribution in [0.4, 0.5) is 0 Å². The number of fused-ring (bicyclic) bond motifs is 2. The molecule has 0 spiro atoms. The highest BCUT2D eigenvalue weighted by molar-refractivity contribution is 5.88. The molecule has 44 heavy (non-hydrogen) atoms. The Kier molecular flexibility index (Phi) is 9.84. The highest BCUT2D eigenvalue weighted by atomic mass is 16.2. The van der Waals surface area contributed by atoms with Gasteiger partial charge < -0.3 is 20.1 Å². The number of amides is 2. The van der Waals surface area contributed by atoms with Gasteiger partial charge in [0.25, 0.3) is 5.56 Å². The number of carbonyl (C=O) groups is 2. The zero-order chi connectivity index (χ0) is 31.2. The molecule has 2 aromatic rings. The number of hydrogen-bond acceptors (Lipinski definition) is 7. The summed E-state index contributed by atoms with van der Waals surface area (Å²) >= 11 is 0. The molecule has 0 radical (unpaired) electrons. The summed E-state index contributed by atoms with van der Waals surface area (Å²) in [5, 5.41) is 6.43. The topological polar surface area (TPSA) is 131 Å². The van der Waals surface area contributed by atoms with Crippen molar-refractivity contribution in [3.8, 4) is 11.5 Å². The molecule has 2 amide bonds. The molecule has 3 aliphatic heterocycles. The number of benzene rings is 2. The van der Waals surface area contributed by atoms with E-state index in [2.05, 4.69) is 32.7 Å². The Morgan fingerprint density at radius 2 is 1.75 bits per heavy atom. The van der Waals surface area contributed by atoms with Crippen molar-refractivity contribution in [2.45, 2.75) is 71.5 Å². The van der Waals surface area contributed by atoms with Crippen LogP contribution in [0, 0.1) is 13.8 Å². The first kappa shape index (κ1) is 31.1. The number of carbonyl (C=O) groups excluding carboxylic acids is 2. The van der Waals surface area contributed by atoms with E-state index in [-0.39, 0.29) is 36.4 Å². The predicted octanol–water partition coefficient (Wildman–Crippen LogP) is 2.67. The van der Waals surface area contributed by atoms with Crippen LogP contribution in [0.2, 0.25) is 0 Å². The van der Waals surface area contributed by atoms with Gasteiger partial charge in [0.05, 0.1) is 11.0 Å². The number of rotatable bonds is 12. The Hall–Kier alpha value is -4.38. The summed E-state index contributed by atoms with van der Waals surface area (Å²) in [5.41, 5.74) is 3.59. The lowest BCUT2D eigenvalue weighted by Crippen LogP contribution is -2.46. The fraction of sp³-hybridized carbons (Fsp3) is 0.455. The fourth-order valence-electron chi connectivity index (χ4n) is 5.82. The molecule has 1 fully saturated rings. The summed E-state index contributed by atoms with van der Waals surface area (Å²) in [6, 6.07) is 13.7. The van der Waals surface area contributed by atoms with E-state index in [0.29, 0.717) is 24.9 Å². The lowest BCUT2D eigenvalue weighted by Gasteiger charge is -2.24. The van der Waals surface area contributed by atoms with E-state index in [4.69, 9.17) is 0 Å². The molecule has 11 nitrogen and oxygen atoms in total. The number of hydrogen-bond donors (Lipinski definition) is 2. The Bertz CT molecular complexity index is 1730. The van der Waals surface area contributed by atoms with Gasteiger partial charge >= 0.3 is 5.69 Å². The first-order chi connectivity index (χ1) is 21.2. The molecule has 0 aromatic heterocycles. The van der Waals surface area contributed by atoms with Crippen molar-refractivity contribution in [2.24, 2.45) is 7.05 Å². The van der Waals surface area contributed by atoms with E-state index in [1.165, 1.54) is 12.6 Å². The van der Waals surface area contributed by atoms with Gasteiger partial charge in [0.15, 0.2) is 11.5 Å². The molecule has 11 heteroatoms. The molecule has 3 heterocycles. The zero-order valence-electron chi connectivity index (χ0n) is 25.8. The second-order valence-corrected chi connectivity index (χ2v) is 11.6. The molecular formula is C33H41N7O4. The van der Waals surface area contributed by atoms with E-state index in [1.807, 2.05) is 44.2 Å². The van der Waals surface area contributed by atoms with Gasteiger partial charge in [-0.05, 0) is 74.9 Å². The lowest BCUT2D eigenvalue weighted by molar-refractivity contribution is -0.138. The van der Waals surface area contributed by atoms with Crippen LogP contribution in [0.3, 0.4) is 0 Å². The van der Waals surface area contributed by atoms with Gasteiger partial charge in [-0.3, -0.25) is 19.0 Å². The largest absolute Gasteiger partial charge is 0.353 e. The monoisotopic (exact) mass is 599 g/mol. The number of nitrogens with zero attached hydrogens (tertiary/aromatic N) is 5. The molecule has 0 unspecified atom stereocenters. The normalized spacial score (nSPS) is 14.9. The Labute approximate surface area is 256 Å². The Balaban J connectivity index is 1.16. The zero-order valence-corrected chi connectivity index (χ0v) is 25.8. The predicted molar refractivity (Wildman–Crippen MR) is 169 cm³/mol. The molecular weight excluding hydrogens is 558 g/mol. The minimum Gasteiger partial charge on any atom is -0.353 e. The van der Waals surface area contributed by atoms with Crippen molar-refractivity contribution < 1.29 is 9.59 Å². The van der Waals surface area contributed by atoms with Crippen LogP contribution in [0.15, 0.2) is 52.1 Å². The number of aryl methyl sites for hydroxylation is 2.